The lowest BCUT2D eigenvalue weighted by atomic mass is 9.89. The van der Waals surface area contributed by atoms with Crippen molar-refractivity contribution >= 4 is 17.4 Å². The molecule has 0 aliphatic carbocycles. The molecule has 1 heterocycles. The fourth-order valence-electron chi connectivity index (χ4n) is 3.01. The first-order valence-corrected chi connectivity index (χ1v) is 7.98. The molecule has 0 amide bonds. The first kappa shape index (κ1) is 18.1. The van der Waals surface area contributed by atoms with Gasteiger partial charge in [0.05, 0.1) is 10.5 Å². The minimum Gasteiger partial charge on any atom is -0.459 e. The van der Waals surface area contributed by atoms with Gasteiger partial charge in [-0.3, -0.25) is 14.9 Å². The summed E-state index contributed by atoms with van der Waals surface area (Å²) in [6.45, 7) is 1.51. The SMILES string of the molecule is CC(=O)CC[C@H]1CCC(=O)O[C@H]([C@@H](O)c2ccccc2[N+](=O)[O-])C1. The van der Waals surface area contributed by atoms with Gasteiger partial charge in [0.15, 0.2) is 0 Å². The molecule has 0 spiro atoms. The Hall–Kier alpha value is -2.28. The number of ether oxygens (including phenoxy) is 1. The van der Waals surface area contributed by atoms with Crippen LogP contribution in [0, 0.1) is 16.0 Å². The van der Waals surface area contributed by atoms with Crippen molar-refractivity contribution in [3.8, 4) is 0 Å². The number of nitro groups is 1. The Morgan fingerprint density at radius 1 is 1.46 bits per heavy atom. The van der Waals surface area contributed by atoms with E-state index in [0.29, 0.717) is 25.7 Å². The third-order valence-electron chi connectivity index (χ3n) is 4.31. The zero-order valence-corrected chi connectivity index (χ0v) is 13.5. The lowest BCUT2D eigenvalue weighted by molar-refractivity contribution is -0.386. The third kappa shape index (κ3) is 4.61. The van der Waals surface area contributed by atoms with Gasteiger partial charge in [0.2, 0.25) is 0 Å². The van der Waals surface area contributed by atoms with Crippen LogP contribution in [0.5, 0.6) is 0 Å². The highest BCUT2D eigenvalue weighted by atomic mass is 16.6. The van der Waals surface area contributed by atoms with E-state index in [4.69, 9.17) is 4.74 Å². The quantitative estimate of drug-likeness (QED) is 0.486. The van der Waals surface area contributed by atoms with Gasteiger partial charge in [0.1, 0.15) is 18.0 Å². The van der Waals surface area contributed by atoms with E-state index in [-0.39, 0.29) is 29.4 Å². The maximum absolute atomic E-state index is 11.8. The highest BCUT2D eigenvalue weighted by molar-refractivity contribution is 5.75. The number of benzene rings is 1. The van der Waals surface area contributed by atoms with Gasteiger partial charge in [0.25, 0.3) is 5.69 Å². The third-order valence-corrected chi connectivity index (χ3v) is 4.31. The molecule has 0 bridgehead atoms. The maximum Gasteiger partial charge on any atom is 0.306 e. The minimum atomic E-state index is -1.27. The zero-order valence-electron chi connectivity index (χ0n) is 13.5. The molecule has 1 fully saturated rings. The summed E-state index contributed by atoms with van der Waals surface area (Å²) in [6, 6.07) is 5.89. The fraction of sp³-hybridized carbons (Fsp3) is 0.529. The van der Waals surface area contributed by atoms with Crippen LogP contribution in [0.4, 0.5) is 5.69 Å². The predicted octanol–water partition coefficient (Wildman–Crippen LogP) is 2.71. The summed E-state index contributed by atoms with van der Waals surface area (Å²) in [5.74, 6) is -0.298. The average Bonchev–Trinajstić information content (AvgIpc) is 2.74. The number of hydrogen-bond acceptors (Lipinski definition) is 6. The van der Waals surface area contributed by atoms with E-state index in [1.54, 1.807) is 6.07 Å². The predicted molar refractivity (Wildman–Crippen MR) is 85.2 cm³/mol. The number of aliphatic hydroxyl groups excluding tert-OH is 1. The Morgan fingerprint density at radius 3 is 2.83 bits per heavy atom. The van der Waals surface area contributed by atoms with Crippen LogP contribution in [0.2, 0.25) is 0 Å². The molecule has 7 nitrogen and oxygen atoms in total. The smallest absolute Gasteiger partial charge is 0.306 e. The molecule has 0 saturated carbocycles. The molecule has 3 atom stereocenters. The van der Waals surface area contributed by atoms with E-state index in [1.165, 1.54) is 25.1 Å². The molecule has 2 rings (SSSR count). The lowest BCUT2D eigenvalue weighted by Gasteiger charge is -2.24. The van der Waals surface area contributed by atoms with Crippen LogP contribution < -0.4 is 0 Å². The standard InChI is InChI=1S/C17H21NO6/c1-11(19)6-7-12-8-9-16(20)24-15(10-12)17(21)13-4-2-3-5-14(13)18(22)23/h2-5,12,15,17,21H,6-10H2,1H3/t12-,15-,17-/m0/s1. The molecule has 1 saturated heterocycles. The van der Waals surface area contributed by atoms with Crippen molar-refractivity contribution in [2.45, 2.75) is 51.2 Å². The molecule has 1 aromatic rings. The highest BCUT2D eigenvalue weighted by Crippen LogP contribution is 2.34. The van der Waals surface area contributed by atoms with E-state index in [2.05, 4.69) is 0 Å². The second-order valence-corrected chi connectivity index (χ2v) is 6.17. The topological polar surface area (TPSA) is 107 Å². The second-order valence-electron chi connectivity index (χ2n) is 6.17. The number of para-hydroxylation sites is 1. The molecule has 130 valence electrons. The Kier molecular flexibility index (Phi) is 6.03. The van der Waals surface area contributed by atoms with Gasteiger partial charge in [-0.05, 0) is 38.2 Å². The first-order valence-electron chi connectivity index (χ1n) is 7.98. The van der Waals surface area contributed by atoms with Gasteiger partial charge in [-0.2, -0.15) is 0 Å². The largest absolute Gasteiger partial charge is 0.459 e. The number of cyclic esters (lactones) is 1. The molecule has 1 aliphatic heterocycles. The molecule has 24 heavy (non-hydrogen) atoms. The first-order chi connectivity index (χ1) is 11.4. The Morgan fingerprint density at radius 2 is 2.17 bits per heavy atom. The van der Waals surface area contributed by atoms with Crippen molar-refractivity contribution in [2.75, 3.05) is 0 Å². The number of Topliss-reactive ketones (excluding diaryl/α,β-unsaturated/α-hetero) is 1. The van der Waals surface area contributed by atoms with Crippen molar-refractivity contribution in [1.29, 1.82) is 0 Å². The number of nitro benzene ring substituents is 1. The Labute approximate surface area is 139 Å². The van der Waals surface area contributed by atoms with Crippen LogP contribution in [-0.2, 0) is 14.3 Å². The van der Waals surface area contributed by atoms with Crippen LogP contribution >= 0.6 is 0 Å². The van der Waals surface area contributed by atoms with Crippen molar-refractivity contribution < 1.29 is 24.4 Å². The molecule has 1 N–H and O–H groups in total. The maximum atomic E-state index is 11.8. The molecule has 1 aromatic carbocycles. The summed E-state index contributed by atoms with van der Waals surface area (Å²) in [6.07, 6.45) is 0.104. The highest BCUT2D eigenvalue weighted by Gasteiger charge is 2.34. The number of rotatable bonds is 6. The molecule has 1 aliphatic rings. The van der Waals surface area contributed by atoms with Crippen molar-refractivity contribution in [2.24, 2.45) is 5.92 Å². The number of carbonyl (C=O) groups excluding carboxylic acids is 2. The summed E-state index contributed by atoms with van der Waals surface area (Å²) < 4.78 is 5.30. The Bertz CT molecular complexity index is 629. The van der Waals surface area contributed by atoms with Gasteiger partial charge in [-0.25, -0.2) is 0 Å². The molecule has 7 heteroatoms. The Balaban J connectivity index is 2.19. The monoisotopic (exact) mass is 335 g/mol. The molecular formula is C17H21NO6. The van der Waals surface area contributed by atoms with Crippen molar-refractivity contribution in [3.63, 3.8) is 0 Å². The van der Waals surface area contributed by atoms with Crippen LogP contribution in [0.25, 0.3) is 0 Å². The molecule has 0 radical (unpaired) electrons. The van der Waals surface area contributed by atoms with Crippen molar-refractivity contribution in [1.82, 2.24) is 0 Å². The molecule has 0 aromatic heterocycles. The second kappa shape index (κ2) is 8.01. The van der Waals surface area contributed by atoms with E-state index in [1.807, 2.05) is 0 Å². The fourth-order valence-corrected chi connectivity index (χ4v) is 3.01. The van der Waals surface area contributed by atoms with Gasteiger partial charge in [0, 0.05) is 18.9 Å². The van der Waals surface area contributed by atoms with Gasteiger partial charge in [-0.1, -0.05) is 12.1 Å². The zero-order chi connectivity index (χ0) is 17.7. The van der Waals surface area contributed by atoms with E-state index in [0.717, 1.165) is 0 Å². The van der Waals surface area contributed by atoms with E-state index >= 15 is 0 Å². The minimum absolute atomic E-state index is 0.0581. The summed E-state index contributed by atoms with van der Waals surface area (Å²) >= 11 is 0. The summed E-state index contributed by atoms with van der Waals surface area (Å²) in [4.78, 5) is 33.5. The molecule has 0 unspecified atom stereocenters. The average molecular weight is 335 g/mol. The van der Waals surface area contributed by atoms with Crippen LogP contribution in [0.3, 0.4) is 0 Å². The van der Waals surface area contributed by atoms with Crippen LogP contribution in [0.1, 0.15) is 50.7 Å². The molecular weight excluding hydrogens is 314 g/mol. The van der Waals surface area contributed by atoms with E-state index in [9.17, 15) is 24.8 Å². The number of hydrogen-bond donors (Lipinski definition) is 1. The summed E-state index contributed by atoms with van der Waals surface area (Å²) in [7, 11) is 0. The lowest BCUT2D eigenvalue weighted by Crippen LogP contribution is -2.26. The number of carbonyl (C=O) groups is 2. The number of ketones is 1. The van der Waals surface area contributed by atoms with Gasteiger partial charge < -0.3 is 14.6 Å². The number of nitrogens with zero attached hydrogens (tertiary/aromatic N) is 1. The van der Waals surface area contributed by atoms with Gasteiger partial charge in [-0.15, -0.1) is 0 Å². The van der Waals surface area contributed by atoms with Gasteiger partial charge >= 0.3 is 5.97 Å². The number of esters is 1. The normalized spacial score (nSPS) is 22.3. The van der Waals surface area contributed by atoms with Crippen LogP contribution in [-0.4, -0.2) is 27.9 Å². The van der Waals surface area contributed by atoms with Crippen molar-refractivity contribution in [3.05, 3.63) is 39.9 Å². The van der Waals surface area contributed by atoms with E-state index < -0.39 is 23.1 Å². The summed E-state index contributed by atoms with van der Waals surface area (Å²) in [5, 5.41) is 21.7. The number of aliphatic hydroxyl groups is 1. The summed E-state index contributed by atoms with van der Waals surface area (Å²) in [5.41, 5.74) is -0.0712. The van der Waals surface area contributed by atoms with Crippen LogP contribution in [0.15, 0.2) is 24.3 Å².